The largest absolute Gasteiger partial charge is 0.483 e. The van der Waals surface area contributed by atoms with Crippen molar-refractivity contribution in [2.45, 2.75) is 6.61 Å². The van der Waals surface area contributed by atoms with Gasteiger partial charge in [-0.3, -0.25) is 0 Å². The van der Waals surface area contributed by atoms with E-state index in [2.05, 4.69) is 34.4 Å². The summed E-state index contributed by atoms with van der Waals surface area (Å²) in [5.41, 5.74) is 7.11. The van der Waals surface area contributed by atoms with Gasteiger partial charge in [0.15, 0.2) is 11.6 Å². The van der Waals surface area contributed by atoms with E-state index >= 15 is 0 Å². The highest BCUT2D eigenvalue weighted by molar-refractivity contribution is 7.27. The Morgan fingerprint density at radius 2 is 1.84 bits per heavy atom. The average molecular weight is 437 g/mol. The van der Waals surface area contributed by atoms with Crippen LogP contribution < -0.4 is 26.0 Å². The van der Waals surface area contributed by atoms with E-state index in [1.54, 1.807) is 23.4 Å². The lowest BCUT2D eigenvalue weighted by Gasteiger charge is -2.35. The van der Waals surface area contributed by atoms with E-state index < -0.39 is 0 Å². The molecule has 1 fully saturated rings. The summed E-state index contributed by atoms with van der Waals surface area (Å²) in [6, 6.07) is 13.0. The van der Waals surface area contributed by atoms with Gasteiger partial charge in [-0.2, -0.15) is 0 Å². The zero-order valence-electron chi connectivity index (χ0n) is 16.9. The Morgan fingerprint density at radius 1 is 1.06 bits per heavy atom. The molecule has 3 aromatic rings. The molecule has 0 radical (unpaired) electrons. The summed E-state index contributed by atoms with van der Waals surface area (Å²) < 4.78 is 5.95. The van der Waals surface area contributed by atoms with Crippen LogP contribution in [0.25, 0.3) is 0 Å². The first-order chi connectivity index (χ1) is 15.1. The van der Waals surface area contributed by atoms with Crippen molar-refractivity contribution in [1.29, 1.82) is 0 Å². The minimum atomic E-state index is -0.102. The normalized spacial score (nSPS) is 13.7. The number of piperazine rings is 1. The molecule has 3 heterocycles. The fourth-order valence-electron chi connectivity index (χ4n) is 3.27. The molecule has 10 heteroatoms. The van der Waals surface area contributed by atoms with Gasteiger partial charge >= 0.3 is 6.03 Å². The number of nitrogen functional groups attached to an aromatic ring is 1. The van der Waals surface area contributed by atoms with Crippen molar-refractivity contribution in [3.05, 3.63) is 60.6 Å². The average Bonchev–Trinajstić information content (AvgIpc) is 2.79. The number of ether oxygens (including phenoxy) is 1. The maximum absolute atomic E-state index is 12.6. The Hall–Kier alpha value is -3.45. The van der Waals surface area contributed by atoms with Crippen LogP contribution in [0.15, 0.2) is 54.9 Å². The SMILES string of the molecule is Nc1nccc(COc2cccnc2N2CCN(C(=O)Nc3ccc(P)cc3)CC2)n1. The Bertz CT molecular complexity index is 1040. The first kappa shape index (κ1) is 20.8. The van der Waals surface area contributed by atoms with Gasteiger partial charge in [-0.15, -0.1) is 9.24 Å². The Morgan fingerprint density at radius 3 is 2.58 bits per heavy atom. The molecule has 1 aliphatic rings. The molecule has 4 rings (SSSR count). The molecule has 1 saturated heterocycles. The topological polar surface area (TPSA) is 109 Å². The molecule has 31 heavy (non-hydrogen) atoms. The smallest absolute Gasteiger partial charge is 0.321 e. The lowest BCUT2D eigenvalue weighted by molar-refractivity contribution is 0.208. The van der Waals surface area contributed by atoms with Crippen LogP contribution in [0, 0.1) is 0 Å². The van der Waals surface area contributed by atoms with Gasteiger partial charge in [0.05, 0.1) is 5.69 Å². The first-order valence-corrected chi connectivity index (χ1v) is 10.5. The maximum Gasteiger partial charge on any atom is 0.321 e. The van der Waals surface area contributed by atoms with Gasteiger partial charge in [-0.25, -0.2) is 19.7 Å². The van der Waals surface area contributed by atoms with Crippen LogP contribution in [-0.2, 0) is 6.61 Å². The number of urea groups is 1. The van der Waals surface area contributed by atoms with E-state index in [-0.39, 0.29) is 18.6 Å². The van der Waals surface area contributed by atoms with E-state index in [9.17, 15) is 4.79 Å². The molecular formula is C21H24N7O2P. The van der Waals surface area contributed by atoms with Gasteiger partial charge < -0.3 is 25.6 Å². The quantitative estimate of drug-likeness (QED) is 0.587. The van der Waals surface area contributed by atoms with Crippen LogP contribution >= 0.6 is 9.24 Å². The summed E-state index contributed by atoms with van der Waals surface area (Å²) in [5.74, 6) is 1.63. The zero-order valence-corrected chi connectivity index (χ0v) is 18.1. The summed E-state index contributed by atoms with van der Waals surface area (Å²) >= 11 is 0. The number of nitrogens with zero attached hydrogens (tertiary/aromatic N) is 5. The molecule has 1 atom stereocenters. The number of rotatable bonds is 5. The van der Waals surface area contributed by atoms with Gasteiger partial charge in [0, 0.05) is 44.3 Å². The third-order valence-electron chi connectivity index (χ3n) is 4.89. The van der Waals surface area contributed by atoms with Crippen LogP contribution in [0.5, 0.6) is 5.75 Å². The molecule has 0 spiro atoms. The summed E-state index contributed by atoms with van der Waals surface area (Å²) in [7, 11) is 2.63. The number of anilines is 3. The van der Waals surface area contributed by atoms with E-state index in [4.69, 9.17) is 10.5 Å². The van der Waals surface area contributed by atoms with Crippen molar-refractivity contribution >= 4 is 38.0 Å². The number of benzene rings is 1. The molecule has 3 N–H and O–H groups in total. The van der Waals surface area contributed by atoms with Crippen LogP contribution in [0.3, 0.4) is 0 Å². The second-order valence-electron chi connectivity index (χ2n) is 7.05. The zero-order chi connectivity index (χ0) is 21.6. The minimum Gasteiger partial charge on any atom is -0.483 e. The van der Waals surface area contributed by atoms with Crippen molar-refractivity contribution < 1.29 is 9.53 Å². The molecular weight excluding hydrogens is 413 g/mol. The molecule has 2 amide bonds. The summed E-state index contributed by atoms with van der Waals surface area (Å²) in [6.45, 7) is 2.76. The van der Waals surface area contributed by atoms with Gasteiger partial charge in [0.25, 0.3) is 0 Å². The number of amides is 2. The van der Waals surface area contributed by atoms with Crippen molar-refractivity contribution in [3.8, 4) is 5.75 Å². The molecule has 1 unspecified atom stereocenters. The highest BCUT2D eigenvalue weighted by Gasteiger charge is 2.24. The highest BCUT2D eigenvalue weighted by atomic mass is 31.0. The number of carbonyl (C=O) groups excluding carboxylic acids is 1. The lowest BCUT2D eigenvalue weighted by Crippen LogP contribution is -2.50. The standard InChI is InChI=1S/C21H24N7O2P/c22-20-24-9-7-16(25-20)14-30-18-2-1-8-23-19(18)27-10-12-28(13-11-27)21(29)26-15-3-5-17(31)6-4-15/h1-9H,10-14,31H2,(H,26,29)(H2,22,24,25). The van der Waals surface area contributed by atoms with Crippen LogP contribution in [0.2, 0.25) is 0 Å². The Balaban J connectivity index is 1.35. The van der Waals surface area contributed by atoms with Crippen LogP contribution in [-0.4, -0.2) is 52.1 Å². The van der Waals surface area contributed by atoms with E-state index in [0.717, 1.165) is 16.8 Å². The molecule has 160 valence electrons. The maximum atomic E-state index is 12.6. The minimum absolute atomic E-state index is 0.102. The first-order valence-electron chi connectivity index (χ1n) is 9.90. The van der Waals surface area contributed by atoms with E-state index in [1.165, 1.54) is 0 Å². The molecule has 0 saturated carbocycles. The third kappa shape index (κ3) is 5.38. The second kappa shape index (κ2) is 9.57. The number of hydrogen-bond donors (Lipinski definition) is 2. The predicted molar refractivity (Wildman–Crippen MR) is 124 cm³/mol. The van der Waals surface area contributed by atoms with Gasteiger partial charge in [-0.05, 0) is 35.6 Å². The van der Waals surface area contributed by atoms with Crippen molar-refractivity contribution in [2.24, 2.45) is 0 Å². The summed E-state index contributed by atoms with van der Waals surface area (Å²) in [4.78, 5) is 29.0. The highest BCUT2D eigenvalue weighted by Crippen LogP contribution is 2.27. The molecule has 1 aliphatic heterocycles. The molecule has 9 nitrogen and oxygen atoms in total. The number of nitrogens with two attached hydrogens (primary N) is 1. The summed E-state index contributed by atoms with van der Waals surface area (Å²) in [6.07, 6.45) is 3.34. The number of hydrogen-bond acceptors (Lipinski definition) is 7. The monoisotopic (exact) mass is 437 g/mol. The number of carbonyl (C=O) groups is 1. The van der Waals surface area contributed by atoms with E-state index in [1.807, 2.05) is 36.4 Å². The lowest BCUT2D eigenvalue weighted by atomic mass is 10.3. The van der Waals surface area contributed by atoms with Gasteiger partial charge in [0.2, 0.25) is 5.95 Å². The predicted octanol–water partition coefficient (Wildman–Crippen LogP) is 1.89. The molecule has 0 aliphatic carbocycles. The fourth-order valence-corrected chi connectivity index (χ4v) is 3.46. The Labute approximate surface area is 182 Å². The Kier molecular flexibility index (Phi) is 6.43. The number of nitrogens with one attached hydrogen (secondary N) is 1. The molecule has 1 aromatic carbocycles. The number of aromatic nitrogens is 3. The van der Waals surface area contributed by atoms with Crippen molar-refractivity contribution in [3.63, 3.8) is 0 Å². The molecule has 2 aromatic heterocycles. The van der Waals surface area contributed by atoms with Crippen molar-refractivity contribution in [1.82, 2.24) is 19.9 Å². The molecule has 0 bridgehead atoms. The summed E-state index contributed by atoms with van der Waals surface area (Å²) in [5, 5.41) is 4.02. The van der Waals surface area contributed by atoms with E-state index in [0.29, 0.717) is 37.6 Å². The van der Waals surface area contributed by atoms with Crippen molar-refractivity contribution in [2.75, 3.05) is 42.1 Å². The van der Waals surface area contributed by atoms with Gasteiger partial charge in [0.1, 0.15) is 6.61 Å². The third-order valence-corrected chi connectivity index (χ3v) is 5.27. The number of pyridine rings is 1. The van der Waals surface area contributed by atoms with Crippen LogP contribution in [0.1, 0.15) is 5.69 Å². The van der Waals surface area contributed by atoms with Gasteiger partial charge in [-0.1, -0.05) is 12.1 Å². The van der Waals surface area contributed by atoms with Crippen LogP contribution in [0.4, 0.5) is 22.2 Å². The second-order valence-corrected chi connectivity index (χ2v) is 7.71. The fraction of sp³-hybridized carbons (Fsp3) is 0.238.